The molecule has 0 aromatic carbocycles. The van der Waals surface area contributed by atoms with Gasteiger partial charge in [-0.3, -0.25) is 0 Å². The molecule has 5 heteroatoms. The van der Waals surface area contributed by atoms with Crippen LogP contribution >= 0.6 is 0 Å². The first-order valence-corrected chi connectivity index (χ1v) is 6.66. The van der Waals surface area contributed by atoms with E-state index in [1.54, 1.807) is 6.33 Å². The Morgan fingerprint density at radius 1 is 1.39 bits per heavy atom. The first-order valence-electron chi connectivity index (χ1n) is 6.66. The number of rotatable bonds is 8. The maximum Gasteiger partial charge on any atom is 0.133 e. The van der Waals surface area contributed by atoms with Crippen LogP contribution in [0.3, 0.4) is 0 Å². The van der Waals surface area contributed by atoms with Crippen LogP contribution in [0.15, 0.2) is 12.4 Å². The number of hydrogen-bond donors (Lipinski definition) is 2. The molecule has 1 aromatic rings. The van der Waals surface area contributed by atoms with Crippen LogP contribution in [0.5, 0.6) is 0 Å². The Hall–Kier alpha value is -1.36. The molecule has 0 aliphatic carbocycles. The predicted octanol–water partition coefficient (Wildman–Crippen LogP) is 1.86. The average Bonchev–Trinajstić information content (AvgIpc) is 2.37. The molecule has 1 heterocycles. The van der Waals surface area contributed by atoms with E-state index in [2.05, 4.69) is 34.2 Å². The van der Waals surface area contributed by atoms with Crippen molar-refractivity contribution >= 4 is 11.6 Å². The molecule has 0 saturated carbocycles. The lowest BCUT2D eigenvalue weighted by Crippen LogP contribution is -2.26. The molecule has 102 valence electrons. The summed E-state index contributed by atoms with van der Waals surface area (Å²) in [5.74, 6) is 1.79. The molecule has 0 aliphatic heterocycles. The quantitative estimate of drug-likeness (QED) is 0.690. The third-order valence-corrected chi connectivity index (χ3v) is 2.75. The minimum atomic E-state index is 0.116. The smallest absolute Gasteiger partial charge is 0.133 e. The van der Waals surface area contributed by atoms with Gasteiger partial charge >= 0.3 is 0 Å². The highest BCUT2D eigenvalue weighted by atomic mass is 15.2. The first-order chi connectivity index (χ1) is 8.63. The van der Waals surface area contributed by atoms with Crippen LogP contribution < -0.4 is 16.0 Å². The second-order valence-electron chi connectivity index (χ2n) is 4.75. The van der Waals surface area contributed by atoms with Crippen molar-refractivity contribution in [3.63, 3.8) is 0 Å². The average molecular weight is 251 g/mol. The molecule has 0 spiro atoms. The van der Waals surface area contributed by atoms with E-state index >= 15 is 0 Å². The predicted molar refractivity (Wildman–Crippen MR) is 77.0 cm³/mol. The van der Waals surface area contributed by atoms with Crippen molar-refractivity contribution < 1.29 is 0 Å². The molecule has 1 unspecified atom stereocenters. The molecule has 5 nitrogen and oxygen atoms in total. The van der Waals surface area contributed by atoms with Crippen molar-refractivity contribution in [1.29, 1.82) is 0 Å². The number of nitrogens with two attached hydrogens (primary N) is 1. The Labute approximate surface area is 110 Å². The van der Waals surface area contributed by atoms with Crippen molar-refractivity contribution in [2.24, 2.45) is 5.73 Å². The second kappa shape index (κ2) is 7.87. The molecule has 3 N–H and O–H groups in total. The van der Waals surface area contributed by atoms with Gasteiger partial charge in [-0.15, -0.1) is 0 Å². The van der Waals surface area contributed by atoms with Crippen molar-refractivity contribution in [2.75, 3.05) is 30.4 Å². The van der Waals surface area contributed by atoms with Gasteiger partial charge in [0.05, 0.1) is 0 Å². The van der Waals surface area contributed by atoms with Crippen LogP contribution in [-0.4, -0.2) is 36.1 Å². The van der Waals surface area contributed by atoms with Gasteiger partial charge in [0.1, 0.15) is 18.0 Å². The Kier molecular flexibility index (Phi) is 6.43. The molecular formula is C13H25N5. The molecule has 1 aromatic heterocycles. The maximum atomic E-state index is 5.70. The van der Waals surface area contributed by atoms with E-state index in [0.29, 0.717) is 0 Å². The van der Waals surface area contributed by atoms with Crippen LogP contribution in [0.4, 0.5) is 11.6 Å². The number of nitrogens with zero attached hydrogens (tertiary/aromatic N) is 3. The lowest BCUT2D eigenvalue weighted by molar-refractivity contribution is 0.700. The lowest BCUT2D eigenvalue weighted by atomic mass is 10.2. The first kappa shape index (κ1) is 14.7. The Morgan fingerprint density at radius 2 is 2.17 bits per heavy atom. The summed E-state index contributed by atoms with van der Waals surface area (Å²) in [6.45, 7) is 5.92. The van der Waals surface area contributed by atoms with Crippen LogP contribution in [0.2, 0.25) is 0 Å². The summed E-state index contributed by atoms with van der Waals surface area (Å²) in [6, 6.07) is 2.08. The number of unbranched alkanes of at least 4 members (excludes halogenated alkanes) is 2. The summed E-state index contributed by atoms with van der Waals surface area (Å²) in [5.41, 5.74) is 5.70. The molecular weight excluding hydrogens is 226 g/mol. The summed E-state index contributed by atoms with van der Waals surface area (Å²) >= 11 is 0. The summed E-state index contributed by atoms with van der Waals surface area (Å²) in [7, 11) is 2.06. The van der Waals surface area contributed by atoms with E-state index in [9.17, 15) is 0 Å². The zero-order valence-corrected chi connectivity index (χ0v) is 11.7. The van der Waals surface area contributed by atoms with Gasteiger partial charge in [-0.1, -0.05) is 19.8 Å². The number of anilines is 2. The highest BCUT2D eigenvalue weighted by Crippen LogP contribution is 2.13. The molecule has 0 saturated heterocycles. The fraction of sp³-hybridized carbons (Fsp3) is 0.692. The molecule has 0 amide bonds. The molecule has 0 aliphatic rings. The van der Waals surface area contributed by atoms with E-state index in [0.717, 1.165) is 24.7 Å². The zero-order valence-electron chi connectivity index (χ0n) is 11.7. The zero-order chi connectivity index (χ0) is 13.4. The second-order valence-corrected chi connectivity index (χ2v) is 4.75. The Bertz CT molecular complexity index is 340. The van der Waals surface area contributed by atoms with Crippen molar-refractivity contribution in [1.82, 2.24) is 9.97 Å². The van der Waals surface area contributed by atoms with E-state index in [4.69, 9.17) is 5.73 Å². The standard InChI is InChI=1S/C13H25N5/c1-4-5-6-7-18(3)13-8-12(16-10-17-13)15-9-11(2)14/h8,10-11H,4-7,9,14H2,1-3H3,(H,15,16,17). The van der Waals surface area contributed by atoms with Gasteiger partial charge in [-0.2, -0.15) is 0 Å². The summed E-state index contributed by atoms with van der Waals surface area (Å²) in [4.78, 5) is 10.6. The van der Waals surface area contributed by atoms with Gasteiger partial charge in [0.15, 0.2) is 0 Å². The largest absolute Gasteiger partial charge is 0.368 e. The lowest BCUT2D eigenvalue weighted by Gasteiger charge is -2.18. The van der Waals surface area contributed by atoms with Crippen LogP contribution in [0, 0.1) is 0 Å². The fourth-order valence-electron chi connectivity index (χ4n) is 1.63. The minimum Gasteiger partial charge on any atom is -0.368 e. The maximum absolute atomic E-state index is 5.70. The summed E-state index contributed by atoms with van der Waals surface area (Å²) in [5, 5.41) is 3.20. The van der Waals surface area contributed by atoms with Gasteiger partial charge in [0.2, 0.25) is 0 Å². The molecule has 1 atom stereocenters. The normalized spacial score (nSPS) is 12.2. The van der Waals surface area contributed by atoms with Gasteiger partial charge in [0, 0.05) is 32.2 Å². The molecule has 1 rings (SSSR count). The third-order valence-electron chi connectivity index (χ3n) is 2.75. The summed E-state index contributed by atoms with van der Waals surface area (Å²) < 4.78 is 0. The van der Waals surface area contributed by atoms with E-state index < -0.39 is 0 Å². The van der Waals surface area contributed by atoms with Gasteiger partial charge in [-0.05, 0) is 13.3 Å². The topological polar surface area (TPSA) is 67.1 Å². The van der Waals surface area contributed by atoms with Gasteiger partial charge in [-0.25, -0.2) is 9.97 Å². The van der Waals surface area contributed by atoms with Crippen molar-refractivity contribution in [3.05, 3.63) is 12.4 Å². The number of aromatic nitrogens is 2. The van der Waals surface area contributed by atoms with E-state index in [1.807, 2.05) is 13.0 Å². The van der Waals surface area contributed by atoms with Crippen molar-refractivity contribution in [2.45, 2.75) is 39.2 Å². The van der Waals surface area contributed by atoms with E-state index in [1.165, 1.54) is 19.3 Å². The number of nitrogens with one attached hydrogen (secondary N) is 1. The van der Waals surface area contributed by atoms with Crippen LogP contribution in [0.1, 0.15) is 33.1 Å². The third kappa shape index (κ3) is 5.31. The molecule has 0 radical (unpaired) electrons. The van der Waals surface area contributed by atoms with E-state index in [-0.39, 0.29) is 6.04 Å². The van der Waals surface area contributed by atoms with Gasteiger partial charge < -0.3 is 16.0 Å². The van der Waals surface area contributed by atoms with Crippen molar-refractivity contribution in [3.8, 4) is 0 Å². The van der Waals surface area contributed by atoms with Crippen LogP contribution in [-0.2, 0) is 0 Å². The Balaban J connectivity index is 2.52. The summed E-state index contributed by atoms with van der Waals surface area (Å²) in [6.07, 6.45) is 5.28. The van der Waals surface area contributed by atoms with Crippen LogP contribution in [0.25, 0.3) is 0 Å². The monoisotopic (exact) mass is 251 g/mol. The minimum absolute atomic E-state index is 0.116. The SMILES string of the molecule is CCCCCN(C)c1cc(NCC(C)N)ncn1. The molecule has 0 fully saturated rings. The van der Waals surface area contributed by atoms with Gasteiger partial charge in [0.25, 0.3) is 0 Å². The molecule has 18 heavy (non-hydrogen) atoms. The highest BCUT2D eigenvalue weighted by Gasteiger charge is 2.04. The fourth-order valence-corrected chi connectivity index (χ4v) is 1.63. The molecule has 0 bridgehead atoms. The Morgan fingerprint density at radius 3 is 2.83 bits per heavy atom. The highest BCUT2D eigenvalue weighted by molar-refractivity contribution is 5.47. The number of hydrogen-bond acceptors (Lipinski definition) is 5.